The van der Waals surface area contributed by atoms with E-state index in [-0.39, 0.29) is 31.0 Å². The maximum atomic E-state index is 17.8. The van der Waals surface area contributed by atoms with Gasteiger partial charge in [-0.15, -0.1) is 0 Å². The number of carbonyl (C=O) groups is 2. The highest BCUT2D eigenvalue weighted by Gasteiger charge is 2.51. The zero-order valence-electron chi connectivity index (χ0n) is 50.3. The molecule has 7 aromatic rings. The number of amides is 2. The Morgan fingerprint density at radius 3 is 1.83 bits per heavy atom. The maximum Gasteiger partial charge on any atom is 0.330 e. The zero-order valence-corrected chi connectivity index (χ0v) is 50.3. The van der Waals surface area contributed by atoms with Crippen molar-refractivity contribution in [3.63, 3.8) is 0 Å². The summed E-state index contributed by atoms with van der Waals surface area (Å²) >= 11 is 0. The molecule has 2 amide bonds. The molecule has 2 saturated heterocycles. The molecular weight excluding hydrogens is 1110 g/mol. The molecule has 2 aliphatic rings. The molecule has 2 aliphatic heterocycles. The fourth-order valence-electron chi connectivity index (χ4n) is 12.1. The van der Waals surface area contributed by atoms with E-state index in [1.54, 1.807) is 48.0 Å². The van der Waals surface area contributed by atoms with Gasteiger partial charge in [0.15, 0.2) is 35.6 Å². The van der Waals surface area contributed by atoms with Crippen LogP contribution in [0.25, 0.3) is 11.2 Å². The maximum absolute atomic E-state index is 17.8. The summed E-state index contributed by atoms with van der Waals surface area (Å²) in [6, 6.07) is 34.3. The first kappa shape index (κ1) is 63.9. The second-order valence-corrected chi connectivity index (χ2v) is 22.6. The smallest absolute Gasteiger partial charge is 0.330 e. The topological polar surface area (TPSA) is 223 Å². The van der Waals surface area contributed by atoms with Crippen LogP contribution in [0.2, 0.25) is 0 Å². The number of fused-ring (bicyclic) bond motifs is 1. The second kappa shape index (κ2) is 31.3. The molecule has 464 valence electrons. The van der Waals surface area contributed by atoms with Crippen molar-refractivity contribution >= 4 is 28.8 Å². The average molecular weight is 1200 g/mol. The Morgan fingerprint density at radius 2 is 1.25 bits per heavy atom. The molecule has 9 rings (SSSR count). The van der Waals surface area contributed by atoms with E-state index < -0.39 is 84.0 Å². The predicted octanol–water partition coefficient (Wildman–Crippen LogP) is 10.9. The van der Waals surface area contributed by atoms with Crippen LogP contribution in [0.3, 0.4) is 0 Å². The van der Waals surface area contributed by atoms with Crippen LogP contribution in [0.4, 0.5) is 10.2 Å². The summed E-state index contributed by atoms with van der Waals surface area (Å²) in [5.74, 6) is -0.634. The molecule has 19 nitrogen and oxygen atoms in total. The summed E-state index contributed by atoms with van der Waals surface area (Å²) < 4.78 is 57.9. The Balaban J connectivity index is 0.978. The molecule has 0 spiro atoms. The number of halogens is 1. The standard InChI is InChI=1S/C67H83FN8O11/c1-5-6-7-8-9-10-11-12-13-14-15-16-17-18-25-39-74(42-53-59(79)60(84-4)65(86-53)76-45-71-58-61(69-44-70-62(58)76)73-63(80)46-26-21-19-22-27-46)56(78)41-52-54(87-64(57(52)68)75-40-38-55(77)72-66(75)81)43-85-67(47-28-23-20-24-29-47,48-30-34-50(82-2)35-31-48)49-32-36-51(83-3)37-33-49/h19-24,26-38,40,44-45,52-54,57,59-60,64-65,79H,5-18,25,39,41-43H2,1-4H3,(H,72,77,81)(H,69,70,73,80)/t52-,53+,54-,57-,59+,60+,64-,65-/m0/s1. The minimum Gasteiger partial charge on any atom is -0.497 e. The molecule has 3 aromatic heterocycles. The molecule has 5 heterocycles. The minimum atomic E-state index is -1.96. The van der Waals surface area contributed by atoms with Gasteiger partial charge in [0.2, 0.25) is 5.91 Å². The monoisotopic (exact) mass is 1190 g/mol. The van der Waals surface area contributed by atoms with Gasteiger partial charge in [-0.05, 0) is 59.5 Å². The highest BCUT2D eigenvalue weighted by atomic mass is 19.1. The molecule has 8 atom stereocenters. The summed E-state index contributed by atoms with van der Waals surface area (Å²) in [5.41, 5.74) is 0.242. The predicted molar refractivity (Wildman–Crippen MR) is 328 cm³/mol. The van der Waals surface area contributed by atoms with Crippen LogP contribution >= 0.6 is 0 Å². The molecule has 2 fully saturated rings. The van der Waals surface area contributed by atoms with E-state index in [0.29, 0.717) is 40.3 Å². The van der Waals surface area contributed by atoms with Crippen LogP contribution in [0.1, 0.15) is 149 Å². The first-order valence-corrected chi connectivity index (χ1v) is 30.8. The number of aliphatic hydroxyl groups is 1. The van der Waals surface area contributed by atoms with Gasteiger partial charge in [-0.1, -0.05) is 170 Å². The number of carbonyl (C=O) groups excluding carboxylic acids is 2. The molecule has 20 heteroatoms. The van der Waals surface area contributed by atoms with E-state index in [0.717, 1.165) is 41.9 Å². The number of unbranched alkanes of at least 4 members (excludes halogenated alkanes) is 14. The van der Waals surface area contributed by atoms with Gasteiger partial charge in [0.1, 0.15) is 41.7 Å². The number of benzene rings is 4. The van der Waals surface area contributed by atoms with Gasteiger partial charge in [0, 0.05) is 50.4 Å². The lowest BCUT2D eigenvalue weighted by Crippen LogP contribution is -2.45. The molecule has 0 unspecified atom stereocenters. The number of hydrogen-bond acceptors (Lipinski definition) is 14. The van der Waals surface area contributed by atoms with Crippen molar-refractivity contribution in [3.8, 4) is 11.5 Å². The van der Waals surface area contributed by atoms with Crippen LogP contribution in [0.5, 0.6) is 11.5 Å². The fraction of sp³-hybridized carbons (Fsp3) is 0.478. The molecule has 0 radical (unpaired) electrons. The van der Waals surface area contributed by atoms with E-state index in [9.17, 15) is 19.5 Å². The Kier molecular flexibility index (Phi) is 23.0. The summed E-state index contributed by atoms with van der Waals surface area (Å²) in [5, 5.41) is 14.9. The largest absolute Gasteiger partial charge is 0.497 e. The van der Waals surface area contributed by atoms with Crippen molar-refractivity contribution in [2.75, 3.05) is 46.3 Å². The summed E-state index contributed by atoms with van der Waals surface area (Å²) in [7, 11) is 4.62. The third-order valence-corrected chi connectivity index (χ3v) is 16.9. The quantitative estimate of drug-likeness (QED) is 0.0257. The number of hydrogen-bond donors (Lipinski definition) is 3. The highest BCUT2D eigenvalue weighted by molar-refractivity contribution is 6.06. The minimum absolute atomic E-state index is 0.102. The van der Waals surface area contributed by atoms with Gasteiger partial charge in [-0.25, -0.2) is 24.1 Å². The number of imidazole rings is 1. The normalized spacial score (nSPS) is 20.2. The molecule has 3 N–H and O–H groups in total. The molecule has 0 aliphatic carbocycles. The van der Waals surface area contributed by atoms with Gasteiger partial charge in [-0.2, -0.15) is 0 Å². The molecule has 4 aromatic carbocycles. The first-order chi connectivity index (χ1) is 42.5. The Hall–Kier alpha value is -7.62. The second-order valence-electron chi connectivity index (χ2n) is 22.6. The summed E-state index contributed by atoms with van der Waals surface area (Å²) in [4.78, 5) is 71.6. The number of anilines is 1. The lowest BCUT2D eigenvalue weighted by molar-refractivity contribution is -0.137. The Bertz CT molecular complexity index is 3340. The molecule has 0 saturated carbocycles. The van der Waals surface area contributed by atoms with Crippen LogP contribution in [-0.4, -0.2) is 123 Å². The first-order valence-electron chi connectivity index (χ1n) is 30.8. The van der Waals surface area contributed by atoms with E-state index in [1.165, 1.54) is 90.2 Å². The fourth-order valence-corrected chi connectivity index (χ4v) is 12.1. The molecule has 0 bridgehead atoms. The van der Waals surface area contributed by atoms with Crippen molar-refractivity contribution in [1.29, 1.82) is 0 Å². The van der Waals surface area contributed by atoms with E-state index in [1.807, 2.05) is 84.9 Å². The summed E-state index contributed by atoms with van der Waals surface area (Å²) in [6.45, 7) is 2.13. The number of aromatic nitrogens is 6. The lowest BCUT2D eigenvalue weighted by Gasteiger charge is -2.37. The van der Waals surface area contributed by atoms with E-state index in [2.05, 4.69) is 32.2 Å². The van der Waals surface area contributed by atoms with Gasteiger partial charge >= 0.3 is 5.69 Å². The Labute approximate surface area is 507 Å². The van der Waals surface area contributed by atoms with Crippen molar-refractivity contribution in [2.24, 2.45) is 5.92 Å². The zero-order chi connectivity index (χ0) is 61.1. The number of alkyl halides is 1. The van der Waals surface area contributed by atoms with Crippen LogP contribution in [-0.2, 0) is 29.3 Å². The highest BCUT2D eigenvalue weighted by Crippen LogP contribution is 2.45. The summed E-state index contributed by atoms with van der Waals surface area (Å²) in [6.07, 6.45) is 12.0. The number of nitrogens with one attached hydrogen (secondary N) is 2. The number of aliphatic hydroxyl groups excluding tert-OH is 1. The number of aromatic amines is 1. The SMILES string of the molecule is CCCCCCCCCCCCCCCCCN(C[C@H]1O[C@H](n2cnc3c(NC(=O)c4ccccc4)ncnc32)[C@H](OC)[C@@H]1O)C(=O)C[C@@H]1[C@H](F)[C@@H](n2ccc(=O)[nH]c2=O)O[C@H]1COC(c1ccccc1)(c1ccc(OC)cc1)c1ccc(OC)cc1. The van der Waals surface area contributed by atoms with Gasteiger partial charge < -0.3 is 43.7 Å². The number of methoxy groups -OCH3 is 3. The number of rotatable bonds is 33. The number of ether oxygens (including phenoxy) is 6. The third-order valence-electron chi connectivity index (χ3n) is 16.9. The van der Waals surface area contributed by atoms with Crippen LogP contribution in [0.15, 0.2) is 144 Å². The van der Waals surface area contributed by atoms with Crippen LogP contribution < -0.4 is 26.0 Å². The lowest BCUT2D eigenvalue weighted by atomic mass is 9.80. The van der Waals surface area contributed by atoms with Gasteiger partial charge in [0.25, 0.3) is 11.5 Å². The van der Waals surface area contributed by atoms with E-state index >= 15 is 9.18 Å². The molecule has 87 heavy (non-hydrogen) atoms. The van der Waals surface area contributed by atoms with E-state index in [4.69, 9.17) is 28.4 Å². The van der Waals surface area contributed by atoms with Crippen molar-refractivity contribution < 1.29 is 47.5 Å². The van der Waals surface area contributed by atoms with Gasteiger partial charge in [0.05, 0.1) is 33.3 Å². The number of H-pyrrole nitrogens is 1. The number of nitrogens with zero attached hydrogens (tertiary/aromatic N) is 6. The van der Waals surface area contributed by atoms with Crippen LogP contribution in [0, 0.1) is 5.92 Å². The van der Waals surface area contributed by atoms with Crippen molar-refractivity contribution in [1.82, 2.24) is 34.0 Å². The van der Waals surface area contributed by atoms with Crippen molar-refractivity contribution in [3.05, 3.63) is 177 Å². The van der Waals surface area contributed by atoms with Gasteiger partial charge in [-0.3, -0.25) is 28.5 Å². The third kappa shape index (κ3) is 15.6. The van der Waals surface area contributed by atoms with Crippen molar-refractivity contribution in [2.45, 2.75) is 158 Å². The molecular formula is C67H83FN8O11. The average Bonchev–Trinajstić information content (AvgIpc) is 1.78. The Morgan fingerprint density at radius 1 is 0.690 bits per heavy atom.